The van der Waals surface area contributed by atoms with Crippen LogP contribution in [-0.4, -0.2) is 36.6 Å². The Morgan fingerprint density at radius 3 is 2.33 bits per heavy atom. The van der Waals surface area contributed by atoms with Gasteiger partial charge in [0.2, 0.25) is 0 Å². The molecule has 2 heteroatoms. The Labute approximate surface area is 114 Å². The first-order chi connectivity index (χ1) is 8.67. The highest BCUT2D eigenvalue weighted by molar-refractivity contribution is 4.91. The molecule has 18 heavy (non-hydrogen) atoms. The topological polar surface area (TPSA) is 15.3 Å². The van der Waals surface area contributed by atoms with Crippen LogP contribution < -0.4 is 5.32 Å². The molecule has 1 atom stereocenters. The molecule has 0 aromatic carbocycles. The van der Waals surface area contributed by atoms with Gasteiger partial charge in [-0.25, -0.2) is 0 Å². The van der Waals surface area contributed by atoms with Crippen molar-refractivity contribution < 1.29 is 0 Å². The summed E-state index contributed by atoms with van der Waals surface area (Å²) >= 11 is 0. The van der Waals surface area contributed by atoms with Crippen LogP contribution in [0.25, 0.3) is 0 Å². The van der Waals surface area contributed by atoms with E-state index >= 15 is 0 Å². The lowest BCUT2D eigenvalue weighted by molar-refractivity contribution is 0.142. The molecule has 0 aliphatic heterocycles. The Kier molecular flexibility index (Phi) is 5.08. The number of nitrogens with zero attached hydrogens (tertiary/aromatic N) is 1. The lowest BCUT2D eigenvalue weighted by Crippen LogP contribution is -2.44. The normalized spacial score (nSPS) is 23.3. The van der Waals surface area contributed by atoms with Crippen molar-refractivity contribution in [3.63, 3.8) is 0 Å². The molecule has 2 rings (SSSR count). The summed E-state index contributed by atoms with van der Waals surface area (Å²) in [6.45, 7) is 11.0. The van der Waals surface area contributed by atoms with Crippen LogP contribution in [0.5, 0.6) is 0 Å². The highest BCUT2D eigenvalue weighted by Crippen LogP contribution is 2.33. The van der Waals surface area contributed by atoms with Crippen LogP contribution >= 0.6 is 0 Å². The molecule has 0 heterocycles. The van der Waals surface area contributed by atoms with E-state index in [1.54, 1.807) is 0 Å². The maximum atomic E-state index is 3.76. The lowest BCUT2D eigenvalue weighted by Gasteiger charge is -2.36. The largest absolute Gasteiger partial charge is 0.313 e. The van der Waals surface area contributed by atoms with E-state index in [2.05, 4.69) is 31.0 Å². The minimum Gasteiger partial charge on any atom is -0.313 e. The Hall–Kier alpha value is -0.0800. The summed E-state index contributed by atoms with van der Waals surface area (Å²) in [5.41, 5.74) is 0.481. The van der Waals surface area contributed by atoms with Crippen molar-refractivity contribution in [3.05, 3.63) is 0 Å². The molecule has 0 spiro atoms. The van der Waals surface area contributed by atoms with Crippen LogP contribution in [-0.2, 0) is 0 Å². The van der Waals surface area contributed by atoms with Gasteiger partial charge in [0.25, 0.3) is 0 Å². The molecule has 0 saturated heterocycles. The quantitative estimate of drug-likeness (QED) is 0.641. The van der Waals surface area contributed by atoms with Gasteiger partial charge >= 0.3 is 0 Å². The molecule has 0 aromatic heterocycles. The van der Waals surface area contributed by atoms with E-state index in [0.717, 1.165) is 12.1 Å². The molecule has 2 aliphatic rings. The first-order valence-corrected chi connectivity index (χ1v) is 8.14. The third-order valence-corrected chi connectivity index (χ3v) is 4.41. The highest BCUT2D eigenvalue weighted by atomic mass is 15.2. The molecular formula is C16H32N2. The highest BCUT2D eigenvalue weighted by Gasteiger charge is 2.35. The van der Waals surface area contributed by atoms with Gasteiger partial charge in [0.1, 0.15) is 0 Å². The van der Waals surface area contributed by atoms with Crippen LogP contribution in [0, 0.1) is 5.41 Å². The minimum atomic E-state index is 0.481. The summed E-state index contributed by atoms with van der Waals surface area (Å²) in [7, 11) is 0. The first kappa shape index (κ1) is 14.3. The number of rotatable bonds is 10. The minimum absolute atomic E-state index is 0.481. The fourth-order valence-corrected chi connectivity index (χ4v) is 3.11. The van der Waals surface area contributed by atoms with Crippen molar-refractivity contribution in [1.29, 1.82) is 0 Å². The number of hydrogen-bond acceptors (Lipinski definition) is 2. The van der Waals surface area contributed by atoms with Crippen LogP contribution in [0.2, 0.25) is 0 Å². The third-order valence-electron chi connectivity index (χ3n) is 4.41. The molecule has 2 fully saturated rings. The Morgan fingerprint density at radius 1 is 1.11 bits per heavy atom. The molecule has 0 amide bonds. The summed E-state index contributed by atoms with van der Waals surface area (Å²) < 4.78 is 0. The maximum Gasteiger partial charge on any atom is 0.00966 e. The molecule has 0 aromatic rings. The van der Waals surface area contributed by atoms with Crippen LogP contribution in [0.1, 0.15) is 65.7 Å². The fourth-order valence-electron chi connectivity index (χ4n) is 3.11. The van der Waals surface area contributed by atoms with E-state index in [0.29, 0.717) is 5.41 Å². The second-order valence-electron chi connectivity index (χ2n) is 6.92. The predicted molar refractivity (Wildman–Crippen MR) is 78.9 cm³/mol. The molecule has 0 bridgehead atoms. The van der Waals surface area contributed by atoms with E-state index in [1.807, 2.05) is 0 Å². The second kappa shape index (κ2) is 6.38. The van der Waals surface area contributed by atoms with Gasteiger partial charge in [-0.15, -0.1) is 0 Å². The van der Waals surface area contributed by atoms with Crippen molar-refractivity contribution in [2.24, 2.45) is 5.41 Å². The van der Waals surface area contributed by atoms with Crippen LogP contribution in [0.3, 0.4) is 0 Å². The molecule has 2 saturated carbocycles. The van der Waals surface area contributed by atoms with Crippen molar-refractivity contribution in [2.45, 2.75) is 77.8 Å². The zero-order chi connectivity index (χ0) is 13.0. The maximum absolute atomic E-state index is 3.76. The van der Waals surface area contributed by atoms with Gasteiger partial charge in [-0.05, 0) is 50.5 Å². The number of hydrogen-bond donors (Lipinski definition) is 1. The molecule has 2 nitrogen and oxygen atoms in total. The molecule has 2 aliphatic carbocycles. The predicted octanol–water partition coefficient (Wildman–Crippen LogP) is 3.42. The van der Waals surface area contributed by atoms with Crippen LogP contribution in [0.15, 0.2) is 0 Å². The Morgan fingerprint density at radius 2 is 1.83 bits per heavy atom. The zero-order valence-corrected chi connectivity index (χ0v) is 12.7. The monoisotopic (exact) mass is 252 g/mol. The smallest absolute Gasteiger partial charge is 0.00966 e. The van der Waals surface area contributed by atoms with Crippen molar-refractivity contribution in [1.82, 2.24) is 10.2 Å². The second-order valence-corrected chi connectivity index (χ2v) is 6.92. The summed E-state index contributed by atoms with van der Waals surface area (Å²) in [6.07, 6.45) is 9.67. The van der Waals surface area contributed by atoms with E-state index in [1.165, 1.54) is 64.6 Å². The average Bonchev–Trinajstić information content (AvgIpc) is 3.17. The van der Waals surface area contributed by atoms with E-state index in [9.17, 15) is 0 Å². The molecule has 106 valence electrons. The van der Waals surface area contributed by atoms with Crippen molar-refractivity contribution in [3.8, 4) is 0 Å². The van der Waals surface area contributed by atoms with Gasteiger partial charge < -0.3 is 5.32 Å². The van der Waals surface area contributed by atoms with Crippen molar-refractivity contribution in [2.75, 3.05) is 19.6 Å². The van der Waals surface area contributed by atoms with Gasteiger partial charge in [-0.2, -0.15) is 0 Å². The standard InChI is InChI=1S/C16H32N2/c1-4-10-16(3,12-17-14-6-7-14)13-18(11-5-2)15-8-9-15/h14-15,17H,4-13H2,1-3H3. The lowest BCUT2D eigenvalue weighted by atomic mass is 9.84. The summed E-state index contributed by atoms with van der Waals surface area (Å²) in [5.74, 6) is 0. The molecular weight excluding hydrogens is 220 g/mol. The van der Waals surface area contributed by atoms with E-state index in [-0.39, 0.29) is 0 Å². The molecule has 1 N–H and O–H groups in total. The summed E-state index contributed by atoms with van der Waals surface area (Å²) in [4.78, 5) is 2.77. The van der Waals surface area contributed by atoms with Gasteiger partial charge in [-0.3, -0.25) is 4.90 Å². The third kappa shape index (κ3) is 4.55. The molecule has 1 unspecified atom stereocenters. The van der Waals surface area contributed by atoms with Crippen LogP contribution in [0.4, 0.5) is 0 Å². The summed E-state index contributed by atoms with van der Waals surface area (Å²) in [5, 5.41) is 3.76. The fraction of sp³-hybridized carbons (Fsp3) is 1.00. The SMILES string of the molecule is CCCN(CC(C)(CCC)CNC1CC1)C1CC1. The van der Waals surface area contributed by atoms with E-state index in [4.69, 9.17) is 0 Å². The number of nitrogens with one attached hydrogen (secondary N) is 1. The van der Waals surface area contributed by atoms with Gasteiger partial charge in [0.05, 0.1) is 0 Å². The van der Waals surface area contributed by atoms with E-state index < -0.39 is 0 Å². The Balaban J connectivity index is 1.84. The summed E-state index contributed by atoms with van der Waals surface area (Å²) in [6, 6.07) is 1.77. The van der Waals surface area contributed by atoms with Gasteiger partial charge in [0, 0.05) is 25.2 Å². The van der Waals surface area contributed by atoms with Crippen molar-refractivity contribution >= 4 is 0 Å². The average molecular weight is 252 g/mol. The Bertz CT molecular complexity index is 245. The first-order valence-electron chi connectivity index (χ1n) is 8.14. The zero-order valence-electron chi connectivity index (χ0n) is 12.7. The van der Waals surface area contributed by atoms with Gasteiger partial charge in [0.15, 0.2) is 0 Å². The van der Waals surface area contributed by atoms with Gasteiger partial charge in [-0.1, -0.05) is 27.2 Å². The molecule has 0 radical (unpaired) electrons.